The first kappa shape index (κ1) is 13.6. The maximum Gasteiger partial charge on any atom is 0.157 e. The van der Waals surface area contributed by atoms with E-state index in [4.69, 9.17) is 23.2 Å². The lowest BCUT2D eigenvalue weighted by Gasteiger charge is -2.27. The Labute approximate surface area is 126 Å². The molecule has 20 heavy (non-hydrogen) atoms. The molecular weight excluding hydrogens is 297 g/mol. The van der Waals surface area contributed by atoms with Gasteiger partial charge in [0.15, 0.2) is 11.5 Å². The average Bonchev–Trinajstić information content (AvgIpc) is 2.40. The molecule has 0 amide bonds. The van der Waals surface area contributed by atoms with Gasteiger partial charge in [0.2, 0.25) is 0 Å². The Morgan fingerprint density at radius 3 is 2.40 bits per heavy atom. The Balaban J connectivity index is 1.93. The molecule has 5 heteroatoms. The van der Waals surface area contributed by atoms with Gasteiger partial charge in [-0.3, -0.25) is 0 Å². The molecule has 0 saturated carbocycles. The summed E-state index contributed by atoms with van der Waals surface area (Å²) >= 11 is 12.1. The van der Waals surface area contributed by atoms with E-state index in [1.54, 1.807) is 18.2 Å². The molecule has 2 aromatic rings. The third kappa shape index (κ3) is 2.44. The van der Waals surface area contributed by atoms with Crippen LogP contribution in [0.5, 0.6) is 11.5 Å². The minimum absolute atomic E-state index is 0.0659. The highest BCUT2D eigenvalue weighted by atomic mass is 35.5. The summed E-state index contributed by atoms with van der Waals surface area (Å²) in [4.78, 5) is 0. The number of hydrogen-bond acceptors (Lipinski definition) is 3. The number of fused-ring (bicyclic) bond motifs is 1. The molecule has 3 nitrogen and oxygen atoms in total. The van der Waals surface area contributed by atoms with Gasteiger partial charge in [-0.15, -0.1) is 0 Å². The fourth-order valence-corrected chi connectivity index (χ4v) is 3.09. The van der Waals surface area contributed by atoms with Crippen LogP contribution in [0.4, 0.5) is 0 Å². The first-order valence-corrected chi connectivity index (χ1v) is 7.02. The van der Waals surface area contributed by atoms with E-state index in [0.717, 1.165) is 16.7 Å². The van der Waals surface area contributed by atoms with Gasteiger partial charge in [-0.25, -0.2) is 0 Å². The number of benzene rings is 2. The van der Waals surface area contributed by atoms with Crippen LogP contribution >= 0.6 is 23.2 Å². The van der Waals surface area contributed by atoms with Gasteiger partial charge in [0.1, 0.15) is 0 Å². The van der Waals surface area contributed by atoms with E-state index in [1.807, 2.05) is 12.1 Å². The molecule has 0 aromatic heterocycles. The third-order valence-electron chi connectivity index (χ3n) is 3.60. The molecule has 104 valence electrons. The Morgan fingerprint density at radius 2 is 1.70 bits per heavy atom. The van der Waals surface area contributed by atoms with Crippen molar-refractivity contribution in [2.75, 3.05) is 0 Å². The maximum atomic E-state index is 9.61. The first-order valence-electron chi connectivity index (χ1n) is 6.26. The van der Waals surface area contributed by atoms with Crippen LogP contribution in [0.1, 0.15) is 22.7 Å². The van der Waals surface area contributed by atoms with Gasteiger partial charge < -0.3 is 15.5 Å². The molecule has 1 aliphatic heterocycles. The topological polar surface area (TPSA) is 52.5 Å². The first-order chi connectivity index (χ1) is 9.54. The summed E-state index contributed by atoms with van der Waals surface area (Å²) in [6, 6.07) is 8.72. The zero-order valence-corrected chi connectivity index (χ0v) is 12.0. The van der Waals surface area contributed by atoms with Gasteiger partial charge in [-0.05, 0) is 47.4 Å². The van der Waals surface area contributed by atoms with E-state index in [0.29, 0.717) is 23.0 Å². The molecule has 0 saturated heterocycles. The fourth-order valence-electron chi connectivity index (χ4n) is 2.55. The molecule has 1 unspecified atom stereocenters. The van der Waals surface area contributed by atoms with Crippen molar-refractivity contribution in [3.8, 4) is 11.5 Å². The minimum atomic E-state index is -0.0911. The van der Waals surface area contributed by atoms with Crippen molar-refractivity contribution in [3.63, 3.8) is 0 Å². The lowest BCUT2D eigenvalue weighted by molar-refractivity contribution is 0.399. The maximum absolute atomic E-state index is 9.61. The lowest BCUT2D eigenvalue weighted by atomic mass is 9.91. The van der Waals surface area contributed by atoms with Crippen LogP contribution in [0, 0.1) is 0 Å². The molecule has 0 bridgehead atoms. The molecular formula is C15H13Cl2NO2. The number of hydrogen-bond donors (Lipinski definition) is 3. The largest absolute Gasteiger partial charge is 0.504 e. The number of rotatable bonds is 1. The van der Waals surface area contributed by atoms with E-state index in [9.17, 15) is 10.2 Å². The van der Waals surface area contributed by atoms with Gasteiger partial charge in [-0.2, -0.15) is 0 Å². The molecule has 2 aromatic carbocycles. The normalized spacial score (nSPS) is 17.8. The van der Waals surface area contributed by atoms with Gasteiger partial charge >= 0.3 is 0 Å². The van der Waals surface area contributed by atoms with Gasteiger partial charge in [0.05, 0.1) is 0 Å². The van der Waals surface area contributed by atoms with Crippen molar-refractivity contribution < 1.29 is 10.2 Å². The number of nitrogens with one attached hydrogen (secondary N) is 1. The van der Waals surface area contributed by atoms with Crippen LogP contribution in [-0.2, 0) is 13.0 Å². The Hall–Kier alpha value is -1.42. The van der Waals surface area contributed by atoms with Gasteiger partial charge in [0, 0.05) is 22.6 Å². The molecule has 0 spiro atoms. The van der Waals surface area contributed by atoms with Gasteiger partial charge in [0.25, 0.3) is 0 Å². The number of phenolic OH excluding ortho intramolecular Hbond substituents is 2. The minimum Gasteiger partial charge on any atom is -0.504 e. The zero-order valence-electron chi connectivity index (χ0n) is 10.5. The van der Waals surface area contributed by atoms with Crippen molar-refractivity contribution >= 4 is 23.2 Å². The molecule has 0 fully saturated rings. The van der Waals surface area contributed by atoms with Crippen LogP contribution in [0.2, 0.25) is 10.0 Å². The summed E-state index contributed by atoms with van der Waals surface area (Å²) in [6.07, 6.45) is 0.699. The number of phenols is 2. The predicted octanol–water partition coefficient (Wildman–Crippen LogP) is 3.79. The molecule has 3 N–H and O–H groups in total. The van der Waals surface area contributed by atoms with Crippen LogP contribution in [0.25, 0.3) is 0 Å². The summed E-state index contributed by atoms with van der Waals surface area (Å²) in [7, 11) is 0. The van der Waals surface area contributed by atoms with Crippen LogP contribution < -0.4 is 5.32 Å². The van der Waals surface area contributed by atoms with E-state index in [1.165, 1.54) is 0 Å². The molecule has 1 heterocycles. The summed E-state index contributed by atoms with van der Waals surface area (Å²) in [5.41, 5.74) is 2.98. The average molecular weight is 310 g/mol. The molecule has 1 aliphatic rings. The highest BCUT2D eigenvalue weighted by Gasteiger charge is 2.22. The van der Waals surface area contributed by atoms with Gasteiger partial charge in [-0.1, -0.05) is 29.3 Å². The fraction of sp³-hybridized carbons (Fsp3) is 0.200. The Bertz CT molecular complexity index is 673. The Kier molecular flexibility index (Phi) is 3.50. The smallest absolute Gasteiger partial charge is 0.157 e. The monoisotopic (exact) mass is 309 g/mol. The van der Waals surface area contributed by atoms with Crippen molar-refractivity contribution in [2.24, 2.45) is 0 Å². The lowest BCUT2D eigenvalue weighted by Crippen LogP contribution is -2.28. The van der Waals surface area contributed by atoms with E-state index >= 15 is 0 Å². The zero-order chi connectivity index (χ0) is 14.3. The quantitative estimate of drug-likeness (QED) is 0.702. The van der Waals surface area contributed by atoms with Crippen molar-refractivity contribution in [1.82, 2.24) is 5.32 Å². The van der Waals surface area contributed by atoms with E-state index in [2.05, 4.69) is 5.32 Å². The molecule has 1 atom stereocenters. The van der Waals surface area contributed by atoms with Crippen LogP contribution in [0.15, 0.2) is 30.3 Å². The summed E-state index contributed by atoms with van der Waals surface area (Å²) < 4.78 is 0. The standard InChI is InChI=1S/C15H13Cl2NO2/c16-10-1-2-11(12(17)6-10)13-3-8-4-14(19)15(20)5-9(8)7-18-13/h1-2,4-6,13,18-20H,3,7H2. The summed E-state index contributed by atoms with van der Waals surface area (Å²) in [6.45, 7) is 0.618. The van der Waals surface area contributed by atoms with E-state index in [-0.39, 0.29) is 17.5 Å². The second-order valence-electron chi connectivity index (χ2n) is 4.91. The van der Waals surface area contributed by atoms with Crippen LogP contribution in [-0.4, -0.2) is 10.2 Å². The predicted molar refractivity (Wildman–Crippen MR) is 79.5 cm³/mol. The SMILES string of the molecule is Oc1cc2c(cc1O)CC(c1ccc(Cl)cc1Cl)NC2. The van der Waals surface area contributed by atoms with E-state index < -0.39 is 0 Å². The summed E-state index contributed by atoms with van der Waals surface area (Å²) in [5, 5.41) is 23.7. The second-order valence-corrected chi connectivity index (χ2v) is 5.76. The highest BCUT2D eigenvalue weighted by molar-refractivity contribution is 6.35. The Morgan fingerprint density at radius 1 is 1.00 bits per heavy atom. The van der Waals surface area contributed by atoms with Crippen molar-refractivity contribution in [1.29, 1.82) is 0 Å². The molecule has 0 aliphatic carbocycles. The van der Waals surface area contributed by atoms with Crippen molar-refractivity contribution in [3.05, 3.63) is 57.1 Å². The third-order valence-corrected chi connectivity index (χ3v) is 4.16. The summed E-state index contributed by atoms with van der Waals surface area (Å²) in [5.74, 6) is -0.180. The highest BCUT2D eigenvalue weighted by Crippen LogP contribution is 2.35. The van der Waals surface area contributed by atoms with Crippen molar-refractivity contribution in [2.45, 2.75) is 19.0 Å². The van der Waals surface area contributed by atoms with Crippen LogP contribution in [0.3, 0.4) is 0 Å². The number of halogens is 2. The molecule has 0 radical (unpaired) electrons. The second kappa shape index (κ2) is 5.17. The number of aromatic hydroxyl groups is 2. The molecule has 3 rings (SSSR count).